The summed E-state index contributed by atoms with van der Waals surface area (Å²) in [5.74, 6) is 0. The van der Waals surface area contributed by atoms with Crippen LogP contribution in [0.1, 0.15) is 0 Å². The van der Waals surface area contributed by atoms with Crippen molar-refractivity contribution >= 4 is 31.2 Å². The number of para-hydroxylation sites is 1. The number of hydrogen-bond acceptors (Lipinski definition) is 1. The molecular formula is C7H4B2O. The maximum absolute atomic E-state index is 5.42. The fraction of sp³-hybridized carbons (Fsp3) is 0. The van der Waals surface area contributed by atoms with Crippen molar-refractivity contribution in [2.75, 3.05) is 0 Å². The van der Waals surface area contributed by atoms with Crippen LogP contribution in [0.4, 0.5) is 0 Å². The molecule has 1 aromatic carbocycles. The van der Waals surface area contributed by atoms with Crippen molar-refractivity contribution in [3.8, 4) is 0 Å². The zero-order valence-corrected chi connectivity index (χ0v) is 5.37. The minimum atomic E-state index is 0.473. The molecule has 0 saturated heterocycles. The van der Waals surface area contributed by atoms with Gasteiger partial charge in [-0.2, -0.15) is 0 Å². The van der Waals surface area contributed by atoms with E-state index < -0.39 is 0 Å². The Labute approximate surface area is 60.7 Å². The van der Waals surface area contributed by atoms with Crippen molar-refractivity contribution in [2.45, 2.75) is 0 Å². The Kier molecular flexibility index (Phi) is 1.16. The fourth-order valence-corrected chi connectivity index (χ4v) is 1.00. The second-order valence-corrected chi connectivity index (χ2v) is 2.19. The summed E-state index contributed by atoms with van der Waals surface area (Å²) in [5.41, 5.74) is 1.32. The van der Waals surface area contributed by atoms with Crippen molar-refractivity contribution in [3.05, 3.63) is 24.3 Å². The van der Waals surface area contributed by atoms with E-state index in [1.54, 1.807) is 0 Å². The van der Waals surface area contributed by atoms with Gasteiger partial charge in [-0.1, -0.05) is 0 Å². The fourth-order valence-electron chi connectivity index (χ4n) is 1.00. The Morgan fingerprint density at radius 2 is 2.10 bits per heavy atom. The number of hydrogen-bond donors (Lipinski definition) is 0. The summed E-state index contributed by atoms with van der Waals surface area (Å²) in [5, 5.41) is 1.06. The summed E-state index contributed by atoms with van der Waals surface area (Å²) < 4.78 is 5.15. The Morgan fingerprint density at radius 1 is 1.30 bits per heavy atom. The van der Waals surface area contributed by atoms with Crippen LogP contribution in [0.5, 0.6) is 0 Å². The topological polar surface area (TPSA) is 13.1 Å². The third-order valence-electron chi connectivity index (χ3n) is 1.44. The van der Waals surface area contributed by atoms with Crippen LogP contribution in [0, 0.1) is 0 Å². The van der Waals surface area contributed by atoms with Crippen molar-refractivity contribution in [2.24, 2.45) is 0 Å². The molecule has 0 atom stereocenters. The van der Waals surface area contributed by atoms with Crippen LogP contribution in [-0.2, 0) is 0 Å². The quantitative estimate of drug-likeness (QED) is 0.470. The summed E-state index contributed by atoms with van der Waals surface area (Å²) >= 11 is 0. The van der Waals surface area contributed by atoms with E-state index in [-0.39, 0.29) is 0 Å². The molecular weight excluding hydrogens is 122 g/mol. The van der Waals surface area contributed by atoms with Gasteiger partial charge in [-0.15, -0.1) is 0 Å². The molecule has 0 aliphatic carbocycles. The molecule has 3 heteroatoms. The van der Waals surface area contributed by atoms with Gasteiger partial charge in [0.05, 0.1) is 0 Å². The summed E-state index contributed by atoms with van der Waals surface area (Å²) in [7, 11) is 5.42. The van der Waals surface area contributed by atoms with Crippen LogP contribution in [-0.4, -0.2) is 14.8 Å². The molecule has 0 amide bonds. The number of rotatable bonds is 0. The number of fused-ring (bicyclic) bond motifs is 1. The third-order valence-corrected chi connectivity index (χ3v) is 1.44. The van der Waals surface area contributed by atoms with E-state index in [0.29, 0.717) is 5.55 Å². The van der Waals surface area contributed by atoms with Crippen molar-refractivity contribution in [1.29, 1.82) is 0 Å². The molecule has 0 bridgehead atoms. The Morgan fingerprint density at radius 3 is 2.90 bits per heavy atom. The molecule has 0 aliphatic heterocycles. The van der Waals surface area contributed by atoms with Crippen molar-refractivity contribution in [3.63, 3.8) is 0 Å². The van der Waals surface area contributed by atoms with E-state index in [0.717, 1.165) is 10.9 Å². The Bertz CT molecular complexity index is 320. The second kappa shape index (κ2) is 2.01. The molecule has 0 spiro atoms. The molecule has 0 N–H and O–H groups in total. The van der Waals surface area contributed by atoms with Gasteiger partial charge in [0.2, 0.25) is 0 Å². The molecule has 2 aromatic rings. The van der Waals surface area contributed by atoms with Crippen LogP contribution in [0.25, 0.3) is 10.9 Å². The maximum atomic E-state index is 5.42. The molecule has 2 radical (unpaired) electrons. The molecule has 0 fully saturated rings. The van der Waals surface area contributed by atoms with Gasteiger partial charge in [0, 0.05) is 0 Å². The molecule has 10 heavy (non-hydrogen) atoms. The van der Waals surface area contributed by atoms with Crippen molar-refractivity contribution < 1.29 is 4.42 Å². The summed E-state index contributed by atoms with van der Waals surface area (Å²) in [6.07, 6.45) is 0. The molecule has 44 valence electrons. The van der Waals surface area contributed by atoms with Gasteiger partial charge in [0.1, 0.15) is 0 Å². The van der Waals surface area contributed by atoms with Crippen LogP contribution in [0.15, 0.2) is 28.7 Å². The van der Waals surface area contributed by atoms with Gasteiger partial charge in [-0.05, 0) is 0 Å². The van der Waals surface area contributed by atoms with E-state index in [9.17, 15) is 0 Å². The first-order valence-corrected chi connectivity index (χ1v) is 3.10. The first-order valence-electron chi connectivity index (χ1n) is 3.10. The standard InChI is InChI=1S/C7H4B2O/c8-7-9-5-3-1-2-4-6(5)10-7/h1-4H. The first-order chi connectivity index (χ1) is 4.86. The van der Waals surface area contributed by atoms with E-state index in [2.05, 4.69) is 0 Å². The second-order valence-electron chi connectivity index (χ2n) is 2.19. The molecule has 0 aliphatic rings. The van der Waals surface area contributed by atoms with E-state index in [1.807, 2.05) is 31.2 Å². The van der Waals surface area contributed by atoms with Crippen molar-refractivity contribution in [1.82, 2.24) is 0 Å². The summed E-state index contributed by atoms with van der Waals surface area (Å²) in [6, 6.07) is 7.74. The van der Waals surface area contributed by atoms with Gasteiger partial charge in [0.25, 0.3) is 0 Å². The minimum absolute atomic E-state index is 0.473. The predicted molar refractivity (Wildman–Crippen MR) is 42.9 cm³/mol. The third kappa shape index (κ3) is 0.783. The average molecular weight is 126 g/mol. The molecule has 2 rings (SSSR count). The van der Waals surface area contributed by atoms with E-state index in [4.69, 9.17) is 12.3 Å². The van der Waals surface area contributed by atoms with Crippen LogP contribution in [0.3, 0.4) is 0 Å². The summed E-state index contributed by atoms with van der Waals surface area (Å²) in [4.78, 5) is 0. The van der Waals surface area contributed by atoms with Gasteiger partial charge >= 0.3 is 59.9 Å². The van der Waals surface area contributed by atoms with E-state index >= 15 is 0 Å². The summed E-state index contributed by atoms with van der Waals surface area (Å²) in [6.45, 7) is 1.81. The van der Waals surface area contributed by atoms with Crippen LogP contribution >= 0.6 is 0 Å². The zero-order valence-electron chi connectivity index (χ0n) is 5.37. The number of benzene rings is 1. The zero-order chi connectivity index (χ0) is 6.97. The molecule has 1 nitrogen and oxygen atoms in total. The monoisotopic (exact) mass is 126 g/mol. The van der Waals surface area contributed by atoms with Crippen LogP contribution in [0.2, 0.25) is 0 Å². The predicted octanol–water partition coefficient (Wildman–Crippen LogP) is 0.565. The van der Waals surface area contributed by atoms with Gasteiger partial charge in [-0.25, -0.2) is 0 Å². The van der Waals surface area contributed by atoms with Gasteiger partial charge in [-0.3, -0.25) is 0 Å². The average Bonchev–Trinajstić information content (AvgIpc) is 2.27. The molecule has 1 heterocycles. The SMILES string of the molecule is [B]c1bc2ccccc2o1. The molecule has 0 unspecified atom stereocenters. The van der Waals surface area contributed by atoms with Gasteiger partial charge < -0.3 is 0 Å². The Balaban J connectivity index is 2.88. The Hall–Kier alpha value is -0.980. The van der Waals surface area contributed by atoms with E-state index in [1.165, 1.54) is 0 Å². The first kappa shape index (κ1) is 5.78. The molecule has 0 saturated carbocycles. The molecule has 1 aromatic heterocycles. The van der Waals surface area contributed by atoms with Crippen LogP contribution < -0.4 is 5.55 Å². The van der Waals surface area contributed by atoms with Gasteiger partial charge in [0.15, 0.2) is 0 Å². The normalized spacial score (nSPS) is 10.0.